The summed E-state index contributed by atoms with van der Waals surface area (Å²) >= 11 is 0. The Morgan fingerprint density at radius 2 is 1.95 bits per heavy atom. The zero-order valence-corrected chi connectivity index (χ0v) is 11.1. The molecule has 0 radical (unpaired) electrons. The van der Waals surface area contributed by atoms with E-state index in [1.54, 1.807) is 30.6 Å². The molecule has 6 nitrogen and oxygen atoms in total. The fourth-order valence-corrected chi connectivity index (χ4v) is 2.06. The Bertz CT molecular complexity index is 797. The molecular formula is C15H13N5O. The zero-order chi connectivity index (χ0) is 14.7. The molecule has 0 spiro atoms. The number of pyridine rings is 2. The van der Waals surface area contributed by atoms with Crippen LogP contribution in [0, 0.1) is 0 Å². The number of nitrogens with one attached hydrogen (secondary N) is 2. The normalized spacial score (nSPS) is 10.3. The van der Waals surface area contributed by atoms with Crippen molar-refractivity contribution < 1.29 is 4.79 Å². The molecular weight excluding hydrogens is 266 g/mol. The molecule has 3 aromatic rings. The van der Waals surface area contributed by atoms with E-state index in [4.69, 9.17) is 5.84 Å². The predicted molar refractivity (Wildman–Crippen MR) is 81.7 cm³/mol. The molecule has 0 saturated carbocycles. The molecule has 0 aliphatic rings. The molecule has 0 unspecified atom stereocenters. The highest BCUT2D eigenvalue weighted by molar-refractivity contribution is 6.08. The van der Waals surface area contributed by atoms with E-state index < -0.39 is 0 Å². The third-order valence-electron chi connectivity index (χ3n) is 3.06. The third-order valence-corrected chi connectivity index (χ3v) is 3.06. The first-order valence-electron chi connectivity index (χ1n) is 6.36. The van der Waals surface area contributed by atoms with Gasteiger partial charge in [-0.25, -0.2) is 10.8 Å². The maximum absolute atomic E-state index is 12.3. The van der Waals surface area contributed by atoms with Crippen LogP contribution in [0.1, 0.15) is 10.5 Å². The highest BCUT2D eigenvalue weighted by Crippen LogP contribution is 2.22. The second kappa shape index (κ2) is 5.56. The van der Waals surface area contributed by atoms with Crippen molar-refractivity contribution in [3.8, 4) is 0 Å². The number of rotatable bonds is 3. The van der Waals surface area contributed by atoms with Gasteiger partial charge in [0, 0.05) is 28.9 Å². The highest BCUT2D eigenvalue weighted by Gasteiger charge is 2.10. The summed E-state index contributed by atoms with van der Waals surface area (Å²) in [6.45, 7) is 0. The highest BCUT2D eigenvalue weighted by atomic mass is 16.1. The fourth-order valence-electron chi connectivity index (χ4n) is 2.06. The van der Waals surface area contributed by atoms with Gasteiger partial charge in [-0.2, -0.15) is 0 Å². The van der Waals surface area contributed by atoms with Crippen LogP contribution in [-0.2, 0) is 0 Å². The Balaban J connectivity index is 1.93. The van der Waals surface area contributed by atoms with E-state index in [9.17, 15) is 4.79 Å². The summed E-state index contributed by atoms with van der Waals surface area (Å²) in [6, 6.07) is 12.5. The molecule has 104 valence electrons. The largest absolute Gasteiger partial charge is 0.320 e. The van der Waals surface area contributed by atoms with Gasteiger partial charge in [-0.05, 0) is 24.3 Å². The molecule has 1 amide bonds. The van der Waals surface area contributed by atoms with E-state index in [0.717, 1.165) is 10.8 Å². The van der Waals surface area contributed by atoms with Crippen molar-refractivity contribution >= 4 is 28.2 Å². The number of benzene rings is 1. The topological polar surface area (TPSA) is 92.9 Å². The first kappa shape index (κ1) is 13.0. The molecule has 4 N–H and O–H groups in total. The minimum absolute atomic E-state index is 0.288. The number of nitrogens with two attached hydrogens (primary N) is 1. The van der Waals surface area contributed by atoms with Gasteiger partial charge in [0.15, 0.2) is 0 Å². The van der Waals surface area contributed by atoms with Gasteiger partial charge in [0.25, 0.3) is 5.91 Å². The lowest BCUT2D eigenvalue weighted by Gasteiger charge is -2.08. The fraction of sp³-hybridized carbons (Fsp3) is 0. The van der Waals surface area contributed by atoms with Gasteiger partial charge in [0.2, 0.25) is 0 Å². The third kappa shape index (κ3) is 2.65. The Morgan fingerprint density at radius 3 is 2.81 bits per heavy atom. The SMILES string of the molecule is NNc1cccc(C(=O)Nc2cccc3cnccc23)n1. The lowest BCUT2D eigenvalue weighted by molar-refractivity contribution is 0.102. The number of hydrazine groups is 1. The van der Waals surface area contributed by atoms with E-state index in [1.165, 1.54) is 0 Å². The number of amides is 1. The van der Waals surface area contributed by atoms with Crippen LogP contribution in [0.15, 0.2) is 54.9 Å². The van der Waals surface area contributed by atoms with Crippen LogP contribution < -0.4 is 16.6 Å². The van der Waals surface area contributed by atoms with E-state index in [2.05, 4.69) is 20.7 Å². The molecule has 0 aliphatic carbocycles. The molecule has 3 rings (SSSR count). The van der Waals surface area contributed by atoms with Crippen molar-refractivity contribution in [3.63, 3.8) is 0 Å². The van der Waals surface area contributed by atoms with Crippen LogP contribution in [-0.4, -0.2) is 15.9 Å². The Kier molecular flexibility index (Phi) is 3.44. The first-order chi connectivity index (χ1) is 10.3. The molecule has 1 aromatic carbocycles. The molecule has 2 aromatic heterocycles. The number of carbonyl (C=O) groups is 1. The van der Waals surface area contributed by atoms with Crippen LogP contribution in [0.3, 0.4) is 0 Å². The number of nitrogens with zero attached hydrogens (tertiary/aromatic N) is 2. The monoisotopic (exact) mass is 279 g/mol. The number of fused-ring (bicyclic) bond motifs is 1. The summed E-state index contributed by atoms with van der Waals surface area (Å²) in [4.78, 5) is 20.4. The van der Waals surface area contributed by atoms with E-state index >= 15 is 0 Å². The molecule has 0 bridgehead atoms. The van der Waals surface area contributed by atoms with Gasteiger partial charge in [0.05, 0.1) is 0 Å². The van der Waals surface area contributed by atoms with Crippen LogP contribution >= 0.6 is 0 Å². The summed E-state index contributed by atoms with van der Waals surface area (Å²) < 4.78 is 0. The Labute approximate surface area is 121 Å². The first-order valence-corrected chi connectivity index (χ1v) is 6.36. The van der Waals surface area contributed by atoms with Gasteiger partial charge in [0.1, 0.15) is 11.5 Å². The Morgan fingerprint density at radius 1 is 1.10 bits per heavy atom. The summed E-state index contributed by atoms with van der Waals surface area (Å²) in [5.74, 6) is 5.43. The van der Waals surface area contributed by atoms with E-state index in [1.807, 2.05) is 24.3 Å². The van der Waals surface area contributed by atoms with Crippen molar-refractivity contribution in [1.82, 2.24) is 9.97 Å². The van der Waals surface area contributed by atoms with Gasteiger partial charge in [-0.3, -0.25) is 9.78 Å². The van der Waals surface area contributed by atoms with Gasteiger partial charge in [-0.1, -0.05) is 18.2 Å². The number of hydrogen-bond acceptors (Lipinski definition) is 5. The molecule has 6 heteroatoms. The number of anilines is 2. The predicted octanol–water partition coefficient (Wildman–Crippen LogP) is 2.17. The number of nitrogen functional groups attached to an aromatic ring is 1. The second-order valence-corrected chi connectivity index (χ2v) is 4.41. The zero-order valence-electron chi connectivity index (χ0n) is 11.1. The maximum atomic E-state index is 12.3. The number of hydrogen-bond donors (Lipinski definition) is 3. The standard InChI is InChI=1S/C15H13N5O/c16-20-14-6-2-5-13(18-14)15(21)19-12-4-1-3-10-9-17-8-7-11(10)12/h1-9H,16H2,(H,18,20)(H,19,21). The number of carbonyl (C=O) groups excluding carboxylic acids is 1. The van der Waals surface area contributed by atoms with Crippen LogP contribution in [0.2, 0.25) is 0 Å². The average molecular weight is 279 g/mol. The van der Waals surface area contributed by atoms with Crippen molar-refractivity contribution in [3.05, 3.63) is 60.6 Å². The summed E-state index contributed by atoms with van der Waals surface area (Å²) in [7, 11) is 0. The lowest BCUT2D eigenvalue weighted by Crippen LogP contribution is -2.16. The molecule has 21 heavy (non-hydrogen) atoms. The van der Waals surface area contributed by atoms with Crippen LogP contribution in [0.25, 0.3) is 10.8 Å². The molecule has 0 fully saturated rings. The van der Waals surface area contributed by atoms with Crippen LogP contribution in [0.4, 0.5) is 11.5 Å². The average Bonchev–Trinajstić information content (AvgIpc) is 2.55. The van der Waals surface area contributed by atoms with Crippen LogP contribution in [0.5, 0.6) is 0 Å². The lowest BCUT2D eigenvalue weighted by atomic mass is 10.1. The minimum Gasteiger partial charge on any atom is -0.320 e. The molecule has 0 atom stereocenters. The molecule has 2 heterocycles. The summed E-state index contributed by atoms with van der Waals surface area (Å²) in [6.07, 6.45) is 3.44. The quantitative estimate of drug-likeness (QED) is 0.504. The minimum atomic E-state index is -0.295. The van der Waals surface area contributed by atoms with Gasteiger partial charge < -0.3 is 10.7 Å². The van der Waals surface area contributed by atoms with Crippen molar-refractivity contribution in [1.29, 1.82) is 0 Å². The van der Waals surface area contributed by atoms with Gasteiger partial charge >= 0.3 is 0 Å². The number of aromatic nitrogens is 2. The van der Waals surface area contributed by atoms with Crippen molar-refractivity contribution in [2.45, 2.75) is 0 Å². The Hall–Kier alpha value is -2.99. The van der Waals surface area contributed by atoms with Crippen molar-refractivity contribution in [2.24, 2.45) is 5.84 Å². The van der Waals surface area contributed by atoms with E-state index in [-0.39, 0.29) is 11.6 Å². The second-order valence-electron chi connectivity index (χ2n) is 4.41. The van der Waals surface area contributed by atoms with Gasteiger partial charge in [-0.15, -0.1) is 0 Å². The summed E-state index contributed by atoms with van der Waals surface area (Å²) in [5, 5.41) is 4.74. The molecule has 0 saturated heterocycles. The van der Waals surface area contributed by atoms with Crippen molar-refractivity contribution in [2.75, 3.05) is 10.7 Å². The summed E-state index contributed by atoms with van der Waals surface area (Å²) in [5.41, 5.74) is 3.42. The maximum Gasteiger partial charge on any atom is 0.274 e. The smallest absolute Gasteiger partial charge is 0.274 e. The van der Waals surface area contributed by atoms with E-state index in [0.29, 0.717) is 11.5 Å². The molecule has 0 aliphatic heterocycles.